The van der Waals surface area contributed by atoms with Gasteiger partial charge in [0.05, 0.1) is 34.7 Å². The molecule has 0 fully saturated rings. The van der Waals surface area contributed by atoms with Gasteiger partial charge in [0.2, 0.25) is 0 Å². The lowest BCUT2D eigenvalue weighted by atomic mass is 10.2. The molecule has 9 nitrogen and oxygen atoms in total. The second-order valence-electron chi connectivity index (χ2n) is 7.44. The molecule has 176 valence electrons. The monoisotopic (exact) mass is 479 g/mol. The second-order valence-corrected chi connectivity index (χ2v) is 9.12. The number of aromatic nitrogens is 3. The molecule has 3 rings (SSSR count). The topological polar surface area (TPSA) is 117 Å². The number of pyridine rings is 1. The standard InChI is InChI=1S/C21H23F2N5O4S/c1-4-7-28-15(8-13(2)25-28)12-27(3)20-17(21(29)30)9-14(11-24-20)26-33(31,32)16-5-6-18(22)19(23)10-16/h5-6,8-11,26H,4,7,12H2,1-3H3,(H,29,30). The number of anilines is 2. The van der Waals surface area contributed by atoms with Crippen LogP contribution in [-0.2, 0) is 23.1 Å². The van der Waals surface area contributed by atoms with E-state index in [9.17, 15) is 27.1 Å². The zero-order valence-electron chi connectivity index (χ0n) is 18.2. The lowest BCUT2D eigenvalue weighted by Crippen LogP contribution is -2.23. The van der Waals surface area contributed by atoms with Crippen LogP contribution >= 0.6 is 0 Å². The number of rotatable bonds is 9. The Morgan fingerprint density at radius 1 is 1.21 bits per heavy atom. The van der Waals surface area contributed by atoms with E-state index >= 15 is 0 Å². The van der Waals surface area contributed by atoms with Crippen molar-refractivity contribution in [3.8, 4) is 0 Å². The molecule has 0 aliphatic carbocycles. The van der Waals surface area contributed by atoms with Crippen LogP contribution in [0.2, 0.25) is 0 Å². The average molecular weight is 480 g/mol. The van der Waals surface area contributed by atoms with Gasteiger partial charge in [0.1, 0.15) is 11.4 Å². The number of nitrogens with zero attached hydrogens (tertiary/aromatic N) is 4. The van der Waals surface area contributed by atoms with E-state index in [-0.39, 0.29) is 17.1 Å². The number of carboxylic acid groups (broad SMARTS) is 1. The van der Waals surface area contributed by atoms with Gasteiger partial charge in [0.25, 0.3) is 10.0 Å². The summed E-state index contributed by atoms with van der Waals surface area (Å²) in [5.41, 5.74) is 1.33. The van der Waals surface area contributed by atoms with Crippen molar-refractivity contribution in [1.82, 2.24) is 14.8 Å². The quantitative estimate of drug-likeness (QED) is 0.483. The third-order valence-electron chi connectivity index (χ3n) is 4.73. The van der Waals surface area contributed by atoms with Crippen LogP contribution in [0.5, 0.6) is 0 Å². The summed E-state index contributed by atoms with van der Waals surface area (Å²) in [7, 11) is -2.64. The molecule has 0 unspecified atom stereocenters. The van der Waals surface area contributed by atoms with Gasteiger partial charge in [-0.1, -0.05) is 6.92 Å². The van der Waals surface area contributed by atoms with Crippen molar-refractivity contribution in [1.29, 1.82) is 0 Å². The first kappa shape index (κ1) is 24.1. The summed E-state index contributed by atoms with van der Waals surface area (Å²) in [5, 5.41) is 14.1. The van der Waals surface area contributed by atoms with Crippen molar-refractivity contribution in [2.24, 2.45) is 0 Å². The summed E-state index contributed by atoms with van der Waals surface area (Å²) in [5.74, 6) is -3.69. The second kappa shape index (κ2) is 9.53. The molecule has 0 radical (unpaired) electrons. The Labute approximate surface area is 189 Å². The van der Waals surface area contributed by atoms with Crippen molar-refractivity contribution in [2.45, 2.75) is 38.3 Å². The molecule has 0 saturated heterocycles. The van der Waals surface area contributed by atoms with E-state index in [0.29, 0.717) is 25.2 Å². The molecular weight excluding hydrogens is 456 g/mol. The maximum absolute atomic E-state index is 13.4. The summed E-state index contributed by atoms with van der Waals surface area (Å²) in [6.45, 7) is 4.92. The highest BCUT2D eigenvalue weighted by Crippen LogP contribution is 2.24. The zero-order chi connectivity index (χ0) is 24.3. The van der Waals surface area contributed by atoms with Crippen LogP contribution in [0.3, 0.4) is 0 Å². The maximum atomic E-state index is 13.4. The lowest BCUT2D eigenvalue weighted by molar-refractivity contribution is 0.0697. The van der Waals surface area contributed by atoms with Gasteiger partial charge in [0.15, 0.2) is 11.6 Å². The van der Waals surface area contributed by atoms with Crippen molar-refractivity contribution in [2.75, 3.05) is 16.7 Å². The Kier molecular flexibility index (Phi) is 6.96. The molecule has 33 heavy (non-hydrogen) atoms. The number of aryl methyl sites for hydroxylation is 2. The van der Waals surface area contributed by atoms with E-state index in [1.54, 1.807) is 11.9 Å². The highest BCUT2D eigenvalue weighted by Gasteiger charge is 2.21. The van der Waals surface area contributed by atoms with Gasteiger partial charge in [-0.25, -0.2) is 27.0 Å². The van der Waals surface area contributed by atoms with Gasteiger partial charge in [-0.3, -0.25) is 9.40 Å². The van der Waals surface area contributed by atoms with Crippen molar-refractivity contribution < 1.29 is 27.1 Å². The minimum atomic E-state index is -4.30. The summed E-state index contributed by atoms with van der Waals surface area (Å²) >= 11 is 0. The molecule has 1 aromatic carbocycles. The Hall–Kier alpha value is -3.54. The molecule has 0 atom stereocenters. The fourth-order valence-electron chi connectivity index (χ4n) is 3.28. The number of nitrogens with one attached hydrogen (secondary N) is 1. The number of carboxylic acids is 1. The van der Waals surface area contributed by atoms with E-state index in [4.69, 9.17) is 0 Å². The zero-order valence-corrected chi connectivity index (χ0v) is 19.0. The van der Waals surface area contributed by atoms with Crippen LogP contribution in [0, 0.1) is 18.6 Å². The van der Waals surface area contributed by atoms with E-state index in [1.165, 1.54) is 0 Å². The molecule has 0 spiro atoms. The molecule has 0 aliphatic rings. The first-order chi connectivity index (χ1) is 15.5. The number of carbonyl (C=O) groups is 1. The molecule has 0 amide bonds. The fraction of sp³-hybridized carbons (Fsp3) is 0.286. The Morgan fingerprint density at radius 2 is 1.94 bits per heavy atom. The third kappa shape index (κ3) is 5.45. The Morgan fingerprint density at radius 3 is 2.58 bits per heavy atom. The van der Waals surface area contributed by atoms with E-state index in [1.807, 2.05) is 24.6 Å². The van der Waals surface area contributed by atoms with Crippen molar-refractivity contribution >= 4 is 27.5 Å². The van der Waals surface area contributed by atoms with E-state index in [0.717, 1.165) is 36.1 Å². The minimum absolute atomic E-state index is 0.125. The molecule has 3 aromatic rings. The lowest BCUT2D eigenvalue weighted by Gasteiger charge is -2.21. The van der Waals surface area contributed by atoms with Gasteiger partial charge >= 0.3 is 5.97 Å². The molecule has 12 heteroatoms. The normalized spacial score (nSPS) is 11.4. The predicted molar refractivity (Wildman–Crippen MR) is 118 cm³/mol. The van der Waals surface area contributed by atoms with Crippen molar-refractivity contribution in [3.63, 3.8) is 0 Å². The van der Waals surface area contributed by atoms with Gasteiger partial charge in [-0.15, -0.1) is 0 Å². The number of hydrogen-bond donors (Lipinski definition) is 2. The molecule has 0 aliphatic heterocycles. The van der Waals surface area contributed by atoms with E-state index in [2.05, 4.69) is 14.8 Å². The third-order valence-corrected chi connectivity index (χ3v) is 6.11. The van der Waals surface area contributed by atoms with Gasteiger partial charge in [-0.2, -0.15) is 5.10 Å². The first-order valence-corrected chi connectivity index (χ1v) is 11.5. The highest BCUT2D eigenvalue weighted by atomic mass is 32.2. The average Bonchev–Trinajstić information content (AvgIpc) is 3.08. The largest absolute Gasteiger partial charge is 0.478 e. The van der Waals surface area contributed by atoms with Crippen LogP contribution in [0.1, 0.15) is 35.1 Å². The maximum Gasteiger partial charge on any atom is 0.339 e. The van der Waals surface area contributed by atoms with Gasteiger partial charge in [0, 0.05) is 13.6 Å². The van der Waals surface area contributed by atoms with E-state index < -0.39 is 32.5 Å². The Balaban J connectivity index is 1.89. The molecule has 0 saturated carbocycles. The number of benzene rings is 1. The number of hydrogen-bond acceptors (Lipinski definition) is 6. The number of sulfonamides is 1. The number of aromatic carboxylic acids is 1. The molecule has 0 bridgehead atoms. The summed E-state index contributed by atoms with van der Waals surface area (Å²) < 4.78 is 55.6. The fourth-order valence-corrected chi connectivity index (χ4v) is 4.33. The highest BCUT2D eigenvalue weighted by molar-refractivity contribution is 7.92. The SMILES string of the molecule is CCCn1nc(C)cc1CN(C)c1ncc(NS(=O)(=O)c2ccc(F)c(F)c2)cc1C(=O)O. The summed E-state index contributed by atoms with van der Waals surface area (Å²) in [4.78, 5) is 17.1. The first-order valence-electron chi connectivity index (χ1n) is 9.97. The minimum Gasteiger partial charge on any atom is -0.478 e. The van der Waals surface area contributed by atoms with Crippen molar-refractivity contribution in [3.05, 3.63) is 65.1 Å². The number of halogens is 2. The predicted octanol–water partition coefficient (Wildman–Crippen LogP) is 3.41. The molecule has 2 aromatic heterocycles. The van der Waals surface area contributed by atoms with Gasteiger partial charge in [-0.05, 0) is 43.7 Å². The summed E-state index contributed by atoms with van der Waals surface area (Å²) in [6.07, 6.45) is 2.04. The van der Waals surface area contributed by atoms with Crippen LogP contribution in [0.25, 0.3) is 0 Å². The van der Waals surface area contributed by atoms with Crippen LogP contribution in [0.4, 0.5) is 20.3 Å². The molecule has 2 N–H and O–H groups in total. The van der Waals surface area contributed by atoms with Crippen LogP contribution in [-0.4, -0.2) is 41.3 Å². The molecular formula is C21H23F2N5O4S. The summed E-state index contributed by atoms with van der Waals surface area (Å²) in [6, 6.07) is 5.14. The smallest absolute Gasteiger partial charge is 0.339 e. The van der Waals surface area contributed by atoms with Gasteiger partial charge < -0.3 is 10.0 Å². The van der Waals surface area contributed by atoms with Crippen LogP contribution < -0.4 is 9.62 Å². The molecule has 2 heterocycles. The Bertz CT molecular complexity index is 1290. The van der Waals surface area contributed by atoms with Crippen LogP contribution in [0.15, 0.2) is 41.4 Å².